The Kier molecular flexibility index (Phi) is 7.59. The highest BCUT2D eigenvalue weighted by atomic mass is 16.5. The predicted octanol–water partition coefficient (Wildman–Crippen LogP) is 4.45. The Hall–Kier alpha value is -1.89. The lowest BCUT2D eigenvalue weighted by atomic mass is 9.93. The summed E-state index contributed by atoms with van der Waals surface area (Å²) in [7, 11) is 0. The lowest BCUT2D eigenvalue weighted by Crippen LogP contribution is -2.26. The van der Waals surface area contributed by atoms with Gasteiger partial charge in [0.05, 0.1) is 6.42 Å². The Morgan fingerprint density at radius 3 is 2.32 bits per heavy atom. The fourth-order valence-corrected chi connectivity index (χ4v) is 2.28. The van der Waals surface area contributed by atoms with Crippen molar-refractivity contribution in [2.45, 2.75) is 59.1 Å². The molecular formula is C18H27N2O2+. The van der Waals surface area contributed by atoms with Crippen molar-refractivity contribution >= 4 is 5.97 Å². The summed E-state index contributed by atoms with van der Waals surface area (Å²) in [5.74, 6) is 0.352. The molecule has 0 fully saturated rings. The molecule has 0 aliphatic carbocycles. The minimum atomic E-state index is -0.183. The Labute approximate surface area is 133 Å². The third-order valence-corrected chi connectivity index (χ3v) is 4.13. The molecule has 1 aromatic rings. The first kappa shape index (κ1) is 18.2. The number of ether oxygens (including phenoxy) is 1. The third-order valence-electron chi connectivity index (χ3n) is 4.13. The number of nitrogens with zero attached hydrogens (tertiary/aromatic N) is 2. The van der Waals surface area contributed by atoms with Crippen LogP contribution in [0.25, 0.3) is 4.98 Å². The van der Waals surface area contributed by atoms with E-state index >= 15 is 0 Å². The predicted molar refractivity (Wildman–Crippen MR) is 87.8 cm³/mol. The molecule has 0 aliphatic rings. The molecule has 0 aromatic heterocycles. The SMILES string of the molecule is CC(C)C(CCC(C)C(C)[N+]#N)OC(=O)Cc1ccccc1. The van der Waals surface area contributed by atoms with Crippen molar-refractivity contribution in [1.82, 2.24) is 0 Å². The molecule has 0 amide bonds. The second-order valence-electron chi connectivity index (χ2n) is 6.35. The molecule has 0 saturated carbocycles. The third kappa shape index (κ3) is 6.26. The maximum atomic E-state index is 12.1. The van der Waals surface area contributed by atoms with E-state index in [9.17, 15) is 4.79 Å². The van der Waals surface area contributed by atoms with Crippen molar-refractivity contribution in [1.29, 1.82) is 5.39 Å². The van der Waals surface area contributed by atoms with Gasteiger partial charge in [-0.25, -0.2) is 0 Å². The number of carbonyl (C=O) groups is 1. The highest BCUT2D eigenvalue weighted by Crippen LogP contribution is 2.20. The van der Waals surface area contributed by atoms with Crippen LogP contribution < -0.4 is 0 Å². The first-order chi connectivity index (χ1) is 10.4. The fourth-order valence-electron chi connectivity index (χ4n) is 2.28. The Morgan fingerprint density at radius 2 is 1.77 bits per heavy atom. The molecule has 0 saturated heterocycles. The summed E-state index contributed by atoms with van der Waals surface area (Å²) in [6.45, 7) is 8.06. The van der Waals surface area contributed by atoms with Gasteiger partial charge in [0.1, 0.15) is 11.1 Å². The molecule has 120 valence electrons. The molecule has 22 heavy (non-hydrogen) atoms. The van der Waals surface area contributed by atoms with Gasteiger partial charge in [-0.3, -0.25) is 4.79 Å². The molecule has 3 atom stereocenters. The number of hydrogen-bond donors (Lipinski definition) is 0. The summed E-state index contributed by atoms with van der Waals surface area (Å²) in [5, 5.41) is 8.83. The summed E-state index contributed by atoms with van der Waals surface area (Å²) in [4.78, 5) is 15.4. The molecule has 0 bridgehead atoms. The lowest BCUT2D eigenvalue weighted by molar-refractivity contribution is -0.151. The van der Waals surface area contributed by atoms with Crippen LogP contribution in [0, 0.1) is 17.2 Å². The highest BCUT2D eigenvalue weighted by Gasteiger charge is 2.25. The van der Waals surface area contributed by atoms with Crippen molar-refractivity contribution in [2.24, 2.45) is 11.8 Å². The van der Waals surface area contributed by atoms with Crippen LogP contribution in [0.3, 0.4) is 0 Å². The van der Waals surface area contributed by atoms with E-state index in [1.807, 2.05) is 44.2 Å². The zero-order chi connectivity index (χ0) is 16.5. The van der Waals surface area contributed by atoms with Crippen LogP contribution in [0.5, 0.6) is 0 Å². The number of carbonyl (C=O) groups excluding carboxylic acids is 1. The van der Waals surface area contributed by atoms with Crippen molar-refractivity contribution in [2.75, 3.05) is 0 Å². The van der Waals surface area contributed by atoms with Gasteiger partial charge in [0.15, 0.2) is 0 Å². The number of hydrogen-bond acceptors (Lipinski definition) is 3. The molecule has 0 aliphatic heterocycles. The normalized spacial score (nSPS) is 14.9. The number of diazo groups is 1. The molecule has 3 unspecified atom stereocenters. The quantitative estimate of drug-likeness (QED) is 0.526. The number of esters is 1. The summed E-state index contributed by atoms with van der Waals surface area (Å²) in [6, 6.07) is 9.54. The Balaban J connectivity index is 2.50. The van der Waals surface area contributed by atoms with Crippen LogP contribution in [0.15, 0.2) is 30.3 Å². The van der Waals surface area contributed by atoms with Gasteiger partial charge in [-0.15, -0.1) is 0 Å². The number of benzene rings is 1. The highest BCUT2D eigenvalue weighted by molar-refractivity contribution is 5.72. The molecule has 4 nitrogen and oxygen atoms in total. The van der Waals surface area contributed by atoms with E-state index in [2.05, 4.69) is 18.8 Å². The molecule has 1 rings (SSSR count). The Morgan fingerprint density at radius 1 is 1.14 bits per heavy atom. The van der Waals surface area contributed by atoms with E-state index < -0.39 is 0 Å². The fraction of sp³-hybridized carbons (Fsp3) is 0.611. The topological polar surface area (TPSA) is 54.4 Å². The van der Waals surface area contributed by atoms with E-state index in [1.54, 1.807) is 0 Å². The van der Waals surface area contributed by atoms with Gasteiger partial charge in [0.2, 0.25) is 5.39 Å². The summed E-state index contributed by atoms with van der Waals surface area (Å²) in [5.41, 5.74) is 0.969. The van der Waals surface area contributed by atoms with Crippen LogP contribution >= 0.6 is 0 Å². The second-order valence-corrected chi connectivity index (χ2v) is 6.35. The molecule has 4 heteroatoms. The van der Waals surface area contributed by atoms with Gasteiger partial charge in [0.25, 0.3) is 0 Å². The summed E-state index contributed by atoms with van der Waals surface area (Å²) >= 11 is 0. The van der Waals surface area contributed by atoms with E-state index in [0.29, 0.717) is 6.42 Å². The van der Waals surface area contributed by atoms with Gasteiger partial charge in [-0.1, -0.05) is 51.1 Å². The Bertz CT molecular complexity index is 494. The smallest absolute Gasteiger partial charge is 0.314 e. The first-order valence-corrected chi connectivity index (χ1v) is 8.01. The van der Waals surface area contributed by atoms with Crippen molar-refractivity contribution in [3.05, 3.63) is 40.9 Å². The molecule has 0 spiro atoms. The van der Waals surface area contributed by atoms with Gasteiger partial charge in [-0.05, 0) is 24.3 Å². The minimum absolute atomic E-state index is 0.0900. The summed E-state index contributed by atoms with van der Waals surface area (Å²) < 4.78 is 5.65. The van der Waals surface area contributed by atoms with Gasteiger partial charge in [0, 0.05) is 12.8 Å². The zero-order valence-electron chi connectivity index (χ0n) is 14.0. The molecule has 0 radical (unpaired) electrons. The van der Waals surface area contributed by atoms with E-state index in [1.165, 1.54) is 0 Å². The van der Waals surface area contributed by atoms with Crippen molar-refractivity contribution < 1.29 is 9.53 Å². The monoisotopic (exact) mass is 303 g/mol. The average Bonchev–Trinajstić information content (AvgIpc) is 2.50. The van der Waals surface area contributed by atoms with Crippen molar-refractivity contribution in [3.63, 3.8) is 0 Å². The van der Waals surface area contributed by atoms with Gasteiger partial charge in [-0.2, -0.15) is 0 Å². The van der Waals surface area contributed by atoms with Crippen LogP contribution in [-0.2, 0) is 16.0 Å². The summed E-state index contributed by atoms with van der Waals surface area (Å²) in [6.07, 6.45) is 1.87. The zero-order valence-corrected chi connectivity index (χ0v) is 14.0. The van der Waals surface area contributed by atoms with E-state index in [4.69, 9.17) is 10.1 Å². The molecule has 1 aromatic carbocycles. The minimum Gasteiger partial charge on any atom is -0.462 e. The molecule has 0 heterocycles. The number of rotatable bonds is 8. The van der Waals surface area contributed by atoms with Crippen LogP contribution in [0.1, 0.15) is 46.1 Å². The van der Waals surface area contributed by atoms with E-state index in [-0.39, 0.29) is 30.0 Å². The second kappa shape index (κ2) is 9.19. The van der Waals surface area contributed by atoms with Gasteiger partial charge >= 0.3 is 12.0 Å². The average molecular weight is 303 g/mol. The van der Waals surface area contributed by atoms with Crippen LogP contribution in [0.2, 0.25) is 0 Å². The van der Waals surface area contributed by atoms with Crippen LogP contribution in [-0.4, -0.2) is 18.1 Å². The van der Waals surface area contributed by atoms with Crippen LogP contribution in [0.4, 0.5) is 0 Å². The standard InChI is InChI=1S/C18H27N2O2/c1-13(2)17(11-10-14(3)15(4)20-19)22-18(21)12-16-8-6-5-7-9-16/h5-9,13-15,17H,10-12H2,1-4H3/q+1. The van der Waals surface area contributed by atoms with Gasteiger partial charge < -0.3 is 4.74 Å². The first-order valence-electron chi connectivity index (χ1n) is 8.01. The maximum absolute atomic E-state index is 12.1. The van der Waals surface area contributed by atoms with Crippen molar-refractivity contribution in [3.8, 4) is 0 Å². The largest absolute Gasteiger partial charge is 0.462 e. The molecule has 0 N–H and O–H groups in total. The van der Waals surface area contributed by atoms with E-state index in [0.717, 1.165) is 18.4 Å². The maximum Gasteiger partial charge on any atom is 0.314 e. The molecular weight excluding hydrogens is 276 g/mol. The lowest BCUT2D eigenvalue weighted by Gasteiger charge is -2.22.